The number of aryl methyl sites for hydroxylation is 1. The fourth-order valence-electron chi connectivity index (χ4n) is 4.69. The lowest BCUT2D eigenvalue weighted by Gasteiger charge is -2.31. The predicted octanol–water partition coefficient (Wildman–Crippen LogP) is 4.70. The molecule has 1 saturated heterocycles. The van der Waals surface area contributed by atoms with Crippen LogP contribution in [0.25, 0.3) is 16.6 Å². The molecule has 170 valence electrons. The van der Waals surface area contributed by atoms with Gasteiger partial charge in [0.25, 0.3) is 5.91 Å². The van der Waals surface area contributed by atoms with Crippen molar-refractivity contribution in [1.82, 2.24) is 19.7 Å². The van der Waals surface area contributed by atoms with Crippen LogP contribution in [0.5, 0.6) is 11.5 Å². The van der Waals surface area contributed by atoms with Crippen molar-refractivity contribution >= 4 is 16.8 Å². The van der Waals surface area contributed by atoms with Gasteiger partial charge in [-0.1, -0.05) is 6.07 Å². The molecule has 33 heavy (non-hydrogen) atoms. The molecule has 1 fully saturated rings. The molecular formula is C26H28N4O3. The van der Waals surface area contributed by atoms with Crippen LogP contribution in [0, 0.1) is 6.92 Å². The van der Waals surface area contributed by atoms with Gasteiger partial charge in [-0.05, 0) is 73.2 Å². The number of methoxy groups -OCH3 is 2. The van der Waals surface area contributed by atoms with Crippen LogP contribution in [0.4, 0.5) is 0 Å². The summed E-state index contributed by atoms with van der Waals surface area (Å²) in [6.07, 6.45) is 5.75. The number of H-pyrrole nitrogens is 1. The molecule has 0 atom stereocenters. The minimum absolute atomic E-state index is 0.0283. The molecule has 0 bridgehead atoms. The third kappa shape index (κ3) is 3.95. The standard InChI is InChI=1S/C26H28N4O3/c1-17-4-7-25(33-3)24(14-17)30-13-10-23(28-30)26(31)29-11-8-18(9-12-29)21-16-27-22-6-5-19(32-2)15-20(21)22/h4-7,10,13-16,18,27H,8-9,11-12H2,1-3H3. The first kappa shape index (κ1) is 21.1. The lowest BCUT2D eigenvalue weighted by atomic mass is 9.89. The number of nitrogens with one attached hydrogen (secondary N) is 1. The van der Waals surface area contributed by atoms with Gasteiger partial charge < -0.3 is 19.4 Å². The first-order valence-electron chi connectivity index (χ1n) is 11.2. The fourth-order valence-corrected chi connectivity index (χ4v) is 4.69. The number of hydrogen-bond donors (Lipinski definition) is 1. The van der Waals surface area contributed by atoms with Crippen LogP contribution in [0.2, 0.25) is 0 Å². The van der Waals surface area contributed by atoms with Crippen molar-refractivity contribution in [3.8, 4) is 17.2 Å². The maximum Gasteiger partial charge on any atom is 0.274 e. The Bertz CT molecular complexity index is 1300. The highest BCUT2D eigenvalue weighted by molar-refractivity contribution is 5.92. The largest absolute Gasteiger partial charge is 0.497 e. The number of amides is 1. The number of rotatable bonds is 5. The number of carbonyl (C=O) groups excluding carboxylic acids is 1. The molecule has 0 spiro atoms. The molecule has 2 aromatic heterocycles. The third-order valence-corrected chi connectivity index (χ3v) is 6.53. The molecule has 2 aromatic carbocycles. The Hall–Kier alpha value is -3.74. The highest BCUT2D eigenvalue weighted by atomic mass is 16.5. The molecule has 0 radical (unpaired) electrons. The number of nitrogens with zero attached hydrogens (tertiary/aromatic N) is 3. The smallest absolute Gasteiger partial charge is 0.274 e. The van der Waals surface area contributed by atoms with Crippen molar-refractivity contribution in [2.24, 2.45) is 0 Å². The Balaban J connectivity index is 1.30. The van der Waals surface area contributed by atoms with Crippen LogP contribution >= 0.6 is 0 Å². The van der Waals surface area contributed by atoms with E-state index in [0.717, 1.165) is 41.1 Å². The average molecular weight is 445 g/mol. The van der Waals surface area contributed by atoms with Gasteiger partial charge in [-0.15, -0.1) is 0 Å². The number of carbonyl (C=O) groups is 1. The minimum atomic E-state index is -0.0283. The zero-order valence-corrected chi connectivity index (χ0v) is 19.2. The van der Waals surface area contributed by atoms with Crippen LogP contribution in [-0.2, 0) is 0 Å². The molecular weight excluding hydrogens is 416 g/mol. The van der Waals surface area contributed by atoms with E-state index in [1.807, 2.05) is 42.3 Å². The summed E-state index contributed by atoms with van der Waals surface area (Å²) in [5.74, 6) is 1.96. The van der Waals surface area contributed by atoms with E-state index < -0.39 is 0 Å². The number of ether oxygens (including phenoxy) is 2. The Labute approximate surface area is 192 Å². The zero-order valence-electron chi connectivity index (χ0n) is 19.2. The summed E-state index contributed by atoms with van der Waals surface area (Å²) in [6.45, 7) is 3.44. The molecule has 1 aliphatic rings. The molecule has 1 amide bonds. The molecule has 7 heteroatoms. The van der Waals surface area contributed by atoms with Crippen molar-refractivity contribution < 1.29 is 14.3 Å². The number of aromatic amines is 1. The van der Waals surface area contributed by atoms with Crippen molar-refractivity contribution in [2.45, 2.75) is 25.7 Å². The van der Waals surface area contributed by atoms with Crippen molar-refractivity contribution in [1.29, 1.82) is 0 Å². The normalized spacial score (nSPS) is 14.6. The Morgan fingerprint density at radius 3 is 2.64 bits per heavy atom. The van der Waals surface area contributed by atoms with Gasteiger partial charge in [-0.3, -0.25) is 4.79 Å². The van der Waals surface area contributed by atoms with Gasteiger partial charge in [0, 0.05) is 36.4 Å². The first-order chi connectivity index (χ1) is 16.1. The van der Waals surface area contributed by atoms with Crippen molar-refractivity contribution in [3.63, 3.8) is 0 Å². The van der Waals surface area contributed by atoms with Crippen LogP contribution in [0.3, 0.4) is 0 Å². The van der Waals surface area contributed by atoms with Crippen LogP contribution in [0.1, 0.15) is 40.4 Å². The van der Waals surface area contributed by atoms with Gasteiger partial charge in [-0.2, -0.15) is 5.10 Å². The Morgan fingerprint density at radius 2 is 1.88 bits per heavy atom. The molecule has 3 heterocycles. The number of hydrogen-bond acceptors (Lipinski definition) is 4. The highest BCUT2D eigenvalue weighted by Gasteiger charge is 2.27. The van der Waals surface area contributed by atoms with E-state index in [0.29, 0.717) is 24.7 Å². The number of likely N-dealkylation sites (tertiary alicyclic amines) is 1. The van der Waals surface area contributed by atoms with Gasteiger partial charge in [0.2, 0.25) is 0 Å². The van der Waals surface area contributed by atoms with Gasteiger partial charge in [0.15, 0.2) is 5.69 Å². The van der Waals surface area contributed by atoms with Crippen LogP contribution in [-0.4, -0.2) is 52.9 Å². The molecule has 0 unspecified atom stereocenters. The van der Waals surface area contributed by atoms with Crippen LogP contribution < -0.4 is 9.47 Å². The molecule has 7 nitrogen and oxygen atoms in total. The first-order valence-corrected chi connectivity index (χ1v) is 11.2. The summed E-state index contributed by atoms with van der Waals surface area (Å²) in [5, 5.41) is 5.76. The predicted molar refractivity (Wildman–Crippen MR) is 128 cm³/mol. The fraction of sp³-hybridized carbons (Fsp3) is 0.308. The summed E-state index contributed by atoms with van der Waals surface area (Å²) in [6, 6.07) is 13.8. The molecule has 5 rings (SSSR count). The van der Waals surface area contributed by atoms with E-state index in [4.69, 9.17) is 9.47 Å². The van der Waals surface area contributed by atoms with Gasteiger partial charge in [-0.25, -0.2) is 4.68 Å². The zero-order chi connectivity index (χ0) is 22.9. The van der Waals surface area contributed by atoms with E-state index in [1.165, 1.54) is 10.9 Å². The van der Waals surface area contributed by atoms with E-state index in [2.05, 4.69) is 28.4 Å². The lowest BCUT2D eigenvalue weighted by molar-refractivity contribution is 0.0707. The summed E-state index contributed by atoms with van der Waals surface area (Å²) in [4.78, 5) is 18.4. The summed E-state index contributed by atoms with van der Waals surface area (Å²) in [7, 11) is 3.33. The van der Waals surface area contributed by atoms with Crippen molar-refractivity contribution in [3.05, 3.63) is 71.7 Å². The molecule has 0 saturated carbocycles. The second-order valence-electron chi connectivity index (χ2n) is 8.54. The summed E-state index contributed by atoms with van der Waals surface area (Å²) < 4.78 is 12.6. The number of fused-ring (bicyclic) bond motifs is 1. The van der Waals surface area contributed by atoms with E-state index in [9.17, 15) is 4.79 Å². The monoisotopic (exact) mass is 444 g/mol. The maximum atomic E-state index is 13.2. The van der Waals surface area contributed by atoms with Gasteiger partial charge in [0.05, 0.1) is 14.2 Å². The molecule has 1 aliphatic heterocycles. The number of aromatic nitrogens is 3. The second kappa shape index (κ2) is 8.65. The molecule has 4 aromatic rings. The SMILES string of the molecule is COc1ccc2[nH]cc(C3CCN(C(=O)c4ccn(-c5cc(C)ccc5OC)n4)CC3)c2c1. The Morgan fingerprint density at radius 1 is 1.06 bits per heavy atom. The van der Waals surface area contributed by atoms with Gasteiger partial charge in [0.1, 0.15) is 17.2 Å². The van der Waals surface area contributed by atoms with Crippen molar-refractivity contribution in [2.75, 3.05) is 27.3 Å². The minimum Gasteiger partial charge on any atom is -0.497 e. The Kier molecular flexibility index (Phi) is 5.54. The topological polar surface area (TPSA) is 72.4 Å². The van der Waals surface area contributed by atoms with Crippen LogP contribution in [0.15, 0.2) is 54.9 Å². The third-order valence-electron chi connectivity index (χ3n) is 6.53. The molecule has 1 N–H and O–H groups in total. The average Bonchev–Trinajstić information content (AvgIpc) is 3.51. The lowest BCUT2D eigenvalue weighted by Crippen LogP contribution is -2.38. The summed E-state index contributed by atoms with van der Waals surface area (Å²) in [5.41, 5.74) is 4.79. The highest BCUT2D eigenvalue weighted by Crippen LogP contribution is 2.35. The van der Waals surface area contributed by atoms with E-state index in [-0.39, 0.29) is 5.91 Å². The summed E-state index contributed by atoms with van der Waals surface area (Å²) >= 11 is 0. The number of benzene rings is 2. The number of piperidine rings is 1. The van der Waals surface area contributed by atoms with E-state index in [1.54, 1.807) is 25.0 Å². The second-order valence-corrected chi connectivity index (χ2v) is 8.54. The van der Waals surface area contributed by atoms with Gasteiger partial charge >= 0.3 is 0 Å². The van der Waals surface area contributed by atoms with E-state index >= 15 is 0 Å². The quantitative estimate of drug-likeness (QED) is 0.484. The maximum absolute atomic E-state index is 13.2. The molecule has 0 aliphatic carbocycles.